The molecule has 0 aliphatic carbocycles. The number of hydrogen-bond donors (Lipinski definition) is 2. The minimum Gasteiger partial charge on any atom is -0.377 e. The Morgan fingerprint density at radius 2 is 2.09 bits per heavy atom. The second-order valence-electron chi connectivity index (χ2n) is 3.75. The highest BCUT2D eigenvalue weighted by Gasteiger charge is 2.35. The summed E-state index contributed by atoms with van der Waals surface area (Å²) >= 11 is 0. The van der Waals surface area contributed by atoms with Crippen molar-refractivity contribution in [2.45, 2.75) is 25.1 Å². The molecule has 0 unspecified atom stereocenters. The first kappa shape index (κ1) is 8.93. The van der Waals surface area contributed by atoms with Gasteiger partial charge in [-0.3, -0.25) is 0 Å². The average molecular weight is 160 g/mol. The van der Waals surface area contributed by atoms with E-state index in [9.17, 15) is 0 Å². The van der Waals surface area contributed by atoms with E-state index in [4.69, 9.17) is 20.9 Å². The molecule has 1 saturated heterocycles. The fraction of sp³-hybridized carbons (Fsp3) is 1.00. The zero-order chi connectivity index (χ0) is 8.54. The molecule has 0 aromatic rings. The summed E-state index contributed by atoms with van der Waals surface area (Å²) in [6.07, 6.45) is 0. The van der Waals surface area contributed by atoms with Crippen LogP contribution in [0.5, 0.6) is 0 Å². The van der Waals surface area contributed by atoms with Crippen LogP contribution in [-0.2, 0) is 9.47 Å². The minimum absolute atomic E-state index is 0.295. The van der Waals surface area contributed by atoms with E-state index >= 15 is 0 Å². The first-order valence-electron chi connectivity index (χ1n) is 3.71. The molecule has 4 N–H and O–H groups in total. The lowest BCUT2D eigenvalue weighted by Gasteiger charge is -2.39. The van der Waals surface area contributed by atoms with Crippen molar-refractivity contribution in [3.05, 3.63) is 0 Å². The van der Waals surface area contributed by atoms with Gasteiger partial charge in [-0.2, -0.15) is 0 Å². The highest BCUT2D eigenvalue weighted by Crippen LogP contribution is 2.15. The van der Waals surface area contributed by atoms with E-state index in [0.29, 0.717) is 19.8 Å². The SMILES string of the molecule is CC(C)(N)OCC1(N)COC1. The molecule has 0 amide bonds. The second-order valence-corrected chi connectivity index (χ2v) is 3.75. The van der Waals surface area contributed by atoms with E-state index in [2.05, 4.69) is 0 Å². The molecule has 1 heterocycles. The van der Waals surface area contributed by atoms with Gasteiger partial charge in [-0.05, 0) is 13.8 Å². The van der Waals surface area contributed by atoms with Crippen molar-refractivity contribution in [3.63, 3.8) is 0 Å². The Labute approximate surface area is 66.8 Å². The number of ether oxygens (including phenoxy) is 2. The zero-order valence-corrected chi connectivity index (χ0v) is 7.09. The Bertz CT molecular complexity index is 138. The molecule has 0 aromatic heterocycles. The van der Waals surface area contributed by atoms with Crippen molar-refractivity contribution in [3.8, 4) is 0 Å². The number of rotatable bonds is 3. The van der Waals surface area contributed by atoms with E-state index in [0.717, 1.165) is 0 Å². The third kappa shape index (κ3) is 2.75. The molecule has 66 valence electrons. The predicted molar refractivity (Wildman–Crippen MR) is 42.0 cm³/mol. The molecule has 0 aromatic carbocycles. The van der Waals surface area contributed by atoms with Crippen molar-refractivity contribution < 1.29 is 9.47 Å². The van der Waals surface area contributed by atoms with Crippen LogP contribution in [0.25, 0.3) is 0 Å². The summed E-state index contributed by atoms with van der Waals surface area (Å²) in [5, 5.41) is 0. The molecule has 11 heavy (non-hydrogen) atoms. The van der Waals surface area contributed by atoms with Crippen molar-refractivity contribution in [2.75, 3.05) is 19.8 Å². The third-order valence-electron chi connectivity index (χ3n) is 1.51. The molecule has 1 fully saturated rings. The molecule has 0 atom stereocenters. The van der Waals surface area contributed by atoms with Crippen LogP contribution < -0.4 is 11.5 Å². The zero-order valence-electron chi connectivity index (χ0n) is 7.09. The fourth-order valence-electron chi connectivity index (χ4n) is 0.777. The lowest BCUT2D eigenvalue weighted by molar-refractivity contribution is -0.123. The van der Waals surface area contributed by atoms with Crippen molar-refractivity contribution >= 4 is 0 Å². The molecule has 0 saturated carbocycles. The highest BCUT2D eigenvalue weighted by molar-refractivity contribution is 4.90. The summed E-state index contributed by atoms with van der Waals surface area (Å²) in [6, 6.07) is 0. The monoisotopic (exact) mass is 160 g/mol. The molecule has 4 nitrogen and oxygen atoms in total. The van der Waals surface area contributed by atoms with Crippen molar-refractivity contribution in [1.29, 1.82) is 0 Å². The van der Waals surface area contributed by atoms with Gasteiger partial charge in [-0.25, -0.2) is 0 Å². The molecule has 1 aliphatic rings. The van der Waals surface area contributed by atoms with Gasteiger partial charge in [0.2, 0.25) is 0 Å². The van der Waals surface area contributed by atoms with Crippen LogP contribution in [0.1, 0.15) is 13.8 Å². The number of nitrogens with two attached hydrogens (primary N) is 2. The lowest BCUT2D eigenvalue weighted by atomic mass is 10.0. The largest absolute Gasteiger partial charge is 0.377 e. The van der Waals surface area contributed by atoms with Gasteiger partial charge in [0, 0.05) is 0 Å². The maximum Gasteiger partial charge on any atom is 0.111 e. The van der Waals surface area contributed by atoms with Crippen LogP contribution in [0.15, 0.2) is 0 Å². The van der Waals surface area contributed by atoms with Gasteiger partial charge in [0.15, 0.2) is 0 Å². The maximum absolute atomic E-state index is 5.80. The van der Waals surface area contributed by atoms with Crippen LogP contribution in [0.4, 0.5) is 0 Å². The Kier molecular flexibility index (Phi) is 2.20. The van der Waals surface area contributed by atoms with Gasteiger partial charge in [-0.1, -0.05) is 0 Å². The normalized spacial score (nSPS) is 22.9. The average Bonchev–Trinajstić information content (AvgIpc) is 1.77. The molecular weight excluding hydrogens is 144 g/mol. The Hall–Kier alpha value is -0.160. The molecule has 0 spiro atoms. The van der Waals surface area contributed by atoms with E-state index in [1.807, 2.05) is 0 Å². The van der Waals surface area contributed by atoms with Gasteiger partial charge < -0.3 is 20.9 Å². The predicted octanol–water partition coefficient (Wildman–Crippen LogP) is -0.574. The smallest absolute Gasteiger partial charge is 0.111 e. The summed E-state index contributed by atoms with van der Waals surface area (Å²) in [5.41, 5.74) is 10.5. The molecule has 1 aliphatic heterocycles. The Morgan fingerprint density at radius 3 is 2.36 bits per heavy atom. The second kappa shape index (κ2) is 2.71. The van der Waals surface area contributed by atoms with Crippen LogP contribution >= 0.6 is 0 Å². The molecular formula is C7H16N2O2. The van der Waals surface area contributed by atoms with E-state index in [-0.39, 0.29) is 5.54 Å². The summed E-state index contributed by atoms with van der Waals surface area (Å²) in [5.74, 6) is 0. The summed E-state index contributed by atoms with van der Waals surface area (Å²) in [4.78, 5) is 0. The lowest BCUT2D eigenvalue weighted by Crippen LogP contribution is -2.62. The maximum atomic E-state index is 5.80. The van der Waals surface area contributed by atoms with Gasteiger partial charge in [0.25, 0.3) is 0 Å². The molecule has 1 rings (SSSR count). The van der Waals surface area contributed by atoms with Crippen LogP contribution in [-0.4, -0.2) is 31.1 Å². The first-order chi connectivity index (χ1) is 4.91. The Morgan fingerprint density at radius 1 is 1.55 bits per heavy atom. The van der Waals surface area contributed by atoms with E-state index in [1.54, 1.807) is 13.8 Å². The quantitative estimate of drug-likeness (QED) is 0.542. The van der Waals surface area contributed by atoms with E-state index in [1.165, 1.54) is 0 Å². The van der Waals surface area contributed by atoms with Gasteiger partial charge >= 0.3 is 0 Å². The van der Waals surface area contributed by atoms with Crippen LogP contribution in [0.3, 0.4) is 0 Å². The van der Waals surface area contributed by atoms with Gasteiger partial charge in [0.1, 0.15) is 5.72 Å². The van der Waals surface area contributed by atoms with Crippen LogP contribution in [0.2, 0.25) is 0 Å². The Balaban J connectivity index is 2.21. The van der Waals surface area contributed by atoms with Crippen molar-refractivity contribution in [1.82, 2.24) is 0 Å². The van der Waals surface area contributed by atoms with E-state index < -0.39 is 5.72 Å². The topological polar surface area (TPSA) is 70.5 Å². The van der Waals surface area contributed by atoms with Crippen molar-refractivity contribution in [2.24, 2.45) is 11.5 Å². The fourth-order valence-corrected chi connectivity index (χ4v) is 0.777. The molecule has 4 heteroatoms. The summed E-state index contributed by atoms with van der Waals surface area (Å²) < 4.78 is 10.3. The molecule has 0 bridgehead atoms. The third-order valence-corrected chi connectivity index (χ3v) is 1.51. The van der Waals surface area contributed by atoms with Crippen LogP contribution in [0, 0.1) is 0 Å². The van der Waals surface area contributed by atoms with Gasteiger partial charge in [-0.15, -0.1) is 0 Å². The van der Waals surface area contributed by atoms with Gasteiger partial charge in [0.05, 0.1) is 25.4 Å². The number of hydrogen-bond acceptors (Lipinski definition) is 4. The molecule has 0 radical (unpaired) electrons. The summed E-state index contributed by atoms with van der Waals surface area (Å²) in [6.45, 7) is 5.22. The first-order valence-corrected chi connectivity index (χ1v) is 3.71. The highest BCUT2D eigenvalue weighted by atomic mass is 16.5. The standard InChI is InChI=1S/C7H16N2O2/c1-6(2,8)11-5-7(9)3-10-4-7/h3-5,8-9H2,1-2H3. The minimum atomic E-state index is -0.595. The summed E-state index contributed by atoms with van der Waals surface area (Å²) in [7, 11) is 0.